The van der Waals surface area contributed by atoms with Crippen molar-refractivity contribution in [1.82, 2.24) is 5.32 Å². The summed E-state index contributed by atoms with van der Waals surface area (Å²) >= 11 is 9.59. The molecule has 1 fully saturated rings. The van der Waals surface area contributed by atoms with E-state index in [4.69, 9.17) is 11.6 Å². The van der Waals surface area contributed by atoms with Crippen LogP contribution < -0.4 is 5.32 Å². The normalized spacial score (nSPS) is 24.2. The molecule has 0 spiro atoms. The number of benzene rings is 1. The third kappa shape index (κ3) is 3.69. The highest BCUT2D eigenvalue weighted by Crippen LogP contribution is 2.28. The van der Waals surface area contributed by atoms with Crippen molar-refractivity contribution < 1.29 is 4.39 Å². The van der Waals surface area contributed by atoms with Crippen molar-refractivity contribution in [3.05, 3.63) is 34.1 Å². The Bertz CT molecular complexity index is 399. The molecule has 0 radical (unpaired) electrons. The molecule has 4 heteroatoms. The lowest BCUT2D eigenvalue weighted by Crippen LogP contribution is -2.31. The summed E-state index contributed by atoms with van der Waals surface area (Å²) in [4.78, 5) is 0. The maximum Gasteiger partial charge on any atom is 0.137 e. The van der Waals surface area contributed by atoms with Gasteiger partial charge in [0.2, 0.25) is 0 Å². The van der Waals surface area contributed by atoms with Gasteiger partial charge in [0.05, 0.1) is 4.47 Å². The topological polar surface area (TPSA) is 12.0 Å². The SMILES string of the molecule is Fc1cccc(CNCC2CCCCC2Cl)c1Br. The van der Waals surface area contributed by atoms with Crippen LogP contribution in [0.3, 0.4) is 0 Å². The molecule has 0 aromatic heterocycles. The van der Waals surface area contributed by atoms with E-state index in [1.54, 1.807) is 6.07 Å². The van der Waals surface area contributed by atoms with Crippen molar-refractivity contribution >= 4 is 27.5 Å². The van der Waals surface area contributed by atoms with Crippen LogP contribution in [0.5, 0.6) is 0 Å². The molecule has 2 rings (SSSR count). The second-order valence-corrected chi connectivity index (χ2v) is 6.26. The van der Waals surface area contributed by atoms with E-state index in [1.807, 2.05) is 6.07 Å². The number of alkyl halides is 1. The van der Waals surface area contributed by atoms with E-state index in [0.717, 1.165) is 18.5 Å². The summed E-state index contributed by atoms with van der Waals surface area (Å²) in [6, 6.07) is 5.13. The monoisotopic (exact) mass is 333 g/mol. The van der Waals surface area contributed by atoms with Crippen LogP contribution in [-0.2, 0) is 6.54 Å². The van der Waals surface area contributed by atoms with Gasteiger partial charge < -0.3 is 5.32 Å². The average molecular weight is 335 g/mol. The van der Waals surface area contributed by atoms with Gasteiger partial charge in [-0.25, -0.2) is 4.39 Å². The summed E-state index contributed by atoms with van der Waals surface area (Å²) < 4.78 is 13.9. The molecule has 100 valence electrons. The number of rotatable bonds is 4. The quantitative estimate of drug-likeness (QED) is 0.801. The molecule has 0 bridgehead atoms. The summed E-state index contributed by atoms with van der Waals surface area (Å²) in [5.41, 5.74) is 0.955. The van der Waals surface area contributed by atoms with Gasteiger partial charge in [0, 0.05) is 11.9 Å². The van der Waals surface area contributed by atoms with Crippen molar-refractivity contribution in [1.29, 1.82) is 0 Å². The van der Waals surface area contributed by atoms with Crippen LogP contribution in [0.15, 0.2) is 22.7 Å². The molecule has 18 heavy (non-hydrogen) atoms. The van der Waals surface area contributed by atoms with E-state index in [2.05, 4.69) is 21.2 Å². The van der Waals surface area contributed by atoms with Crippen LogP contribution in [0.4, 0.5) is 4.39 Å². The first-order valence-electron chi connectivity index (χ1n) is 6.46. The summed E-state index contributed by atoms with van der Waals surface area (Å²) in [6.45, 7) is 1.59. The van der Waals surface area contributed by atoms with Gasteiger partial charge in [-0.3, -0.25) is 0 Å². The Morgan fingerprint density at radius 2 is 2.11 bits per heavy atom. The average Bonchev–Trinajstić information content (AvgIpc) is 2.37. The molecule has 2 atom stereocenters. The van der Waals surface area contributed by atoms with Crippen molar-refractivity contribution in [3.8, 4) is 0 Å². The molecule has 1 nitrogen and oxygen atoms in total. The zero-order valence-corrected chi connectivity index (χ0v) is 12.6. The zero-order valence-electron chi connectivity index (χ0n) is 10.3. The smallest absolute Gasteiger partial charge is 0.137 e. The minimum absolute atomic E-state index is 0.206. The van der Waals surface area contributed by atoms with Crippen molar-refractivity contribution in [2.75, 3.05) is 6.54 Å². The van der Waals surface area contributed by atoms with Gasteiger partial charge in [-0.05, 0) is 52.9 Å². The predicted molar refractivity (Wildman–Crippen MR) is 77.4 cm³/mol. The van der Waals surface area contributed by atoms with Crippen LogP contribution >= 0.6 is 27.5 Å². The predicted octanol–water partition coefficient (Wildman–Crippen LogP) is 4.48. The first-order valence-corrected chi connectivity index (χ1v) is 7.69. The number of hydrogen-bond acceptors (Lipinski definition) is 1. The Hall–Kier alpha value is -0.120. The lowest BCUT2D eigenvalue weighted by Gasteiger charge is -2.27. The number of hydrogen-bond donors (Lipinski definition) is 1. The molecule has 1 N–H and O–H groups in total. The Balaban J connectivity index is 1.83. The first kappa shape index (κ1) is 14.3. The van der Waals surface area contributed by atoms with Gasteiger partial charge in [-0.2, -0.15) is 0 Å². The molecule has 1 aliphatic carbocycles. The molecule has 1 aromatic carbocycles. The third-order valence-corrected chi connectivity index (χ3v) is 5.03. The highest BCUT2D eigenvalue weighted by Gasteiger charge is 2.22. The van der Waals surface area contributed by atoms with Crippen LogP contribution in [0.1, 0.15) is 31.2 Å². The molecule has 0 amide bonds. The van der Waals surface area contributed by atoms with E-state index in [1.165, 1.54) is 25.3 Å². The fourth-order valence-corrected chi connectivity index (χ4v) is 3.24. The fraction of sp³-hybridized carbons (Fsp3) is 0.571. The highest BCUT2D eigenvalue weighted by molar-refractivity contribution is 9.10. The number of nitrogens with one attached hydrogen (secondary N) is 1. The molecular formula is C14H18BrClFN. The summed E-state index contributed by atoms with van der Waals surface area (Å²) in [5, 5.41) is 3.68. The molecule has 1 aromatic rings. The summed E-state index contributed by atoms with van der Waals surface area (Å²) in [7, 11) is 0. The van der Waals surface area contributed by atoms with E-state index in [9.17, 15) is 4.39 Å². The Morgan fingerprint density at radius 3 is 2.89 bits per heavy atom. The molecule has 0 saturated heterocycles. The van der Waals surface area contributed by atoms with Gasteiger partial charge in [-0.15, -0.1) is 11.6 Å². The maximum absolute atomic E-state index is 13.3. The van der Waals surface area contributed by atoms with Gasteiger partial charge in [0.15, 0.2) is 0 Å². The Morgan fingerprint density at radius 1 is 1.33 bits per heavy atom. The number of halogens is 3. The first-order chi connectivity index (χ1) is 8.68. The highest BCUT2D eigenvalue weighted by atomic mass is 79.9. The van der Waals surface area contributed by atoms with Crippen LogP contribution in [-0.4, -0.2) is 11.9 Å². The standard InChI is InChI=1S/C14H18BrClFN/c15-14-11(5-3-7-13(14)17)9-18-8-10-4-1-2-6-12(10)16/h3,5,7,10,12,18H,1-2,4,6,8-9H2. The maximum atomic E-state index is 13.3. The molecule has 2 unspecified atom stereocenters. The molecule has 1 aliphatic rings. The fourth-order valence-electron chi connectivity index (χ4n) is 2.47. The largest absolute Gasteiger partial charge is 0.312 e. The minimum Gasteiger partial charge on any atom is -0.312 e. The second-order valence-electron chi connectivity index (χ2n) is 4.90. The van der Waals surface area contributed by atoms with Crippen LogP contribution in [0.2, 0.25) is 0 Å². The summed E-state index contributed by atoms with van der Waals surface area (Å²) in [6.07, 6.45) is 4.85. The van der Waals surface area contributed by atoms with Gasteiger partial charge in [-0.1, -0.05) is 25.0 Å². The molecule has 0 aliphatic heterocycles. The third-order valence-electron chi connectivity index (χ3n) is 3.57. The molecule has 1 saturated carbocycles. The van der Waals surface area contributed by atoms with E-state index < -0.39 is 0 Å². The van der Waals surface area contributed by atoms with Crippen molar-refractivity contribution in [2.45, 2.75) is 37.6 Å². The second kappa shape index (κ2) is 6.88. The van der Waals surface area contributed by atoms with Crippen LogP contribution in [0, 0.1) is 11.7 Å². The Kier molecular flexibility index (Phi) is 5.46. The Labute approximate surface area is 121 Å². The lowest BCUT2D eigenvalue weighted by molar-refractivity contribution is 0.348. The van der Waals surface area contributed by atoms with E-state index >= 15 is 0 Å². The van der Waals surface area contributed by atoms with Gasteiger partial charge >= 0.3 is 0 Å². The molecule has 0 heterocycles. The van der Waals surface area contributed by atoms with E-state index in [0.29, 0.717) is 22.3 Å². The minimum atomic E-state index is -0.206. The van der Waals surface area contributed by atoms with Gasteiger partial charge in [0.25, 0.3) is 0 Å². The van der Waals surface area contributed by atoms with Crippen LogP contribution in [0.25, 0.3) is 0 Å². The summed E-state index contributed by atoms with van der Waals surface area (Å²) in [5.74, 6) is 0.343. The van der Waals surface area contributed by atoms with Crippen molar-refractivity contribution in [3.63, 3.8) is 0 Å². The lowest BCUT2D eigenvalue weighted by atomic mass is 9.89. The van der Waals surface area contributed by atoms with E-state index in [-0.39, 0.29) is 5.82 Å². The zero-order chi connectivity index (χ0) is 13.0. The van der Waals surface area contributed by atoms with Gasteiger partial charge in [0.1, 0.15) is 5.82 Å². The molecular weight excluding hydrogens is 317 g/mol. The van der Waals surface area contributed by atoms with Crippen molar-refractivity contribution in [2.24, 2.45) is 5.92 Å².